The van der Waals surface area contributed by atoms with E-state index < -0.39 is 0 Å². The Kier molecular flexibility index (Phi) is 3.16. The number of carbonyl (C=O) groups excluding carboxylic acids is 1. The molecule has 4 nitrogen and oxygen atoms in total. The van der Waals surface area contributed by atoms with Gasteiger partial charge in [-0.1, -0.05) is 0 Å². The molecule has 0 radical (unpaired) electrons. The molecule has 0 unspecified atom stereocenters. The summed E-state index contributed by atoms with van der Waals surface area (Å²) in [4.78, 5) is 15.3. The number of aromatic nitrogens is 1. The molecule has 2 N–H and O–H groups in total. The van der Waals surface area contributed by atoms with Gasteiger partial charge in [-0.15, -0.1) is 11.3 Å². The van der Waals surface area contributed by atoms with E-state index in [1.165, 1.54) is 0 Å². The molecule has 2 heterocycles. The normalized spacial score (nSPS) is 10.8. The summed E-state index contributed by atoms with van der Waals surface area (Å²) in [6.45, 7) is 2.00. The summed E-state index contributed by atoms with van der Waals surface area (Å²) in [5, 5.41) is 5.89. The quantitative estimate of drug-likeness (QED) is 0.619. The zero-order valence-electron chi connectivity index (χ0n) is 8.73. The lowest BCUT2D eigenvalue weighted by molar-refractivity contribution is 0.0951. The number of thiophene rings is 1. The summed E-state index contributed by atoms with van der Waals surface area (Å²) in [5.74, 6) is -0.240. The van der Waals surface area contributed by atoms with Gasteiger partial charge in [0.1, 0.15) is 5.69 Å². The van der Waals surface area contributed by atoms with Crippen LogP contribution in [0.25, 0.3) is 0 Å². The van der Waals surface area contributed by atoms with Crippen LogP contribution in [0.2, 0.25) is 0 Å². The van der Waals surface area contributed by atoms with Gasteiger partial charge in [0.05, 0.1) is 6.21 Å². The fraction of sp³-hybridized carbons (Fsp3) is 0.0909. The number of hydrogen-bond donors (Lipinski definition) is 2. The fourth-order valence-corrected chi connectivity index (χ4v) is 1.98. The lowest BCUT2D eigenvalue weighted by Crippen LogP contribution is -2.17. The summed E-state index contributed by atoms with van der Waals surface area (Å²) >= 11 is 1.59. The number of aryl methyl sites for hydroxylation is 1. The van der Waals surface area contributed by atoms with Crippen molar-refractivity contribution < 1.29 is 4.79 Å². The van der Waals surface area contributed by atoms with Crippen molar-refractivity contribution in [3.63, 3.8) is 0 Å². The Morgan fingerprint density at radius 1 is 1.56 bits per heavy atom. The summed E-state index contributed by atoms with van der Waals surface area (Å²) < 4.78 is 0. The zero-order chi connectivity index (χ0) is 11.4. The fourth-order valence-electron chi connectivity index (χ4n) is 1.20. The van der Waals surface area contributed by atoms with Crippen molar-refractivity contribution in [2.75, 3.05) is 0 Å². The van der Waals surface area contributed by atoms with Crippen molar-refractivity contribution in [2.45, 2.75) is 6.92 Å². The van der Waals surface area contributed by atoms with Crippen LogP contribution in [0.3, 0.4) is 0 Å². The van der Waals surface area contributed by atoms with E-state index in [0.717, 1.165) is 10.4 Å². The topological polar surface area (TPSA) is 57.2 Å². The van der Waals surface area contributed by atoms with E-state index in [2.05, 4.69) is 15.5 Å². The molecule has 2 rings (SSSR count). The van der Waals surface area contributed by atoms with E-state index in [-0.39, 0.29) is 5.91 Å². The Hall–Kier alpha value is -1.88. The second-order valence-corrected chi connectivity index (χ2v) is 4.20. The second-order valence-electron chi connectivity index (χ2n) is 3.25. The van der Waals surface area contributed by atoms with E-state index in [1.54, 1.807) is 35.9 Å². The molecule has 16 heavy (non-hydrogen) atoms. The summed E-state index contributed by atoms with van der Waals surface area (Å²) in [5.41, 5.74) is 4.11. The van der Waals surface area contributed by atoms with Crippen molar-refractivity contribution in [1.82, 2.24) is 10.4 Å². The molecule has 0 aliphatic heterocycles. The third kappa shape index (κ3) is 2.38. The van der Waals surface area contributed by atoms with E-state index in [0.29, 0.717) is 5.69 Å². The number of aromatic amines is 1. The van der Waals surface area contributed by atoms with Gasteiger partial charge in [0, 0.05) is 11.1 Å². The minimum absolute atomic E-state index is 0.240. The summed E-state index contributed by atoms with van der Waals surface area (Å²) in [6.07, 6.45) is 3.35. The highest BCUT2D eigenvalue weighted by atomic mass is 32.1. The summed E-state index contributed by atoms with van der Waals surface area (Å²) in [6, 6.07) is 5.47. The SMILES string of the molecule is Cc1ccsc1/C=N\NC(=O)c1ccc[nH]1. The van der Waals surface area contributed by atoms with Crippen LogP contribution in [0.4, 0.5) is 0 Å². The predicted octanol–water partition coefficient (Wildman–Crippen LogP) is 2.15. The number of H-pyrrole nitrogens is 1. The van der Waals surface area contributed by atoms with E-state index in [4.69, 9.17) is 0 Å². The summed E-state index contributed by atoms with van der Waals surface area (Å²) in [7, 11) is 0. The Labute approximate surface area is 97.0 Å². The lowest BCUT2D eigenvalue weighted by Gasteiger charge is -1.95. The van der Waals surface area contributed by atoms with Crippen LogP contribution < -0.4 is 5.43 Å². The standard InChI is InChI=1S/C11H11N3OS/c1-8-4-6-16-10(8)7-13-14-11(15)9-3-2-5-12-9/h2-7,12H,1H3,(H,14,15)/b13-7-. The smallest absolute Gasteiger partial charge is 0.287 e. The molecule has 2 aromatic heterocycles. The maximum absolute atomic E-state index is 11.5. The molecule has 2 aromatic rings. The molecule has 0 spiro atoms. The van der Waals surface area contributed by atoms with Crippen LogP contribution in [0.15, 0.2) is 34.9 Å². The molecule has 0 atom stereocenters. The number of carbonyl (C=O) groups is 1. The Morgan fingerprint density at radius 3 is 3.06 bits per heavy atom. The van der Waals surface area contributed by atoms with Gasteiger partial charge in [-0.2, -0.15) is 5.10 Å². The molecule has 0 saturated carbocycles. The molecule has 0 aromatic carbocycles. The maximum atomic E-state index is 11.5. The Bertz CT molecular complexity index is 499. The molecule has 0 aliphatic carbocycles. The molecular weight excluding hydrogens is 222 g/mol. The number of nitrogens with one attached hydrogen (secondary N) is 2. The van der Waals surface area contributed by atoms with Crippen LogP contribution in [0.5, 0.6) is 0 Å². The Balaban J connectivity index is 1.96. The van der Waals surface area contributed by atoms with Gasteiger partial charge in [-0.3, -0.25) is 4.79 Å². The zero-order valence-corrected chi connectivity index (χ0v) is 9.54. The first-order chi connectivity index (χ1) is 7.77. The van der Waals surface area contributed by atoms with Gasteiger partial charge < -0.3 is 4.98 Å². The molecule has 5 heteroatoms. The maximum Gasteiger partial charge on any atom is 0.287 e. The first kappa shape index (κ1) is 10.6. The first-order valence-corrected chi connectivity index (χ1v) is 5.66. The molecular formula is C11H11N3OS. The largest absolute Gasteiger partial charge is 0.357 e. The van der Waals surface area contributed by atoms with Crippen LogP contribution in [-0.2, 0) is 0 Å². The molecule has 1 amide bonds. The van der Waals surface area contributed by atoms with Crippen molar-refractivity contribution in [3.8, 4) is 0 Å². The van der Waals surface area contributed by atoms with Crippen LogP contribution in [0, 0.1) is 6.92 Å². The number of hydrogen-bond acceptors (Lipinski definition) is 3. The van der Waals surface area contributed by atoms with Crippen LogP contribution in [0.1, 0.15) is 20.9 Å². The van der Waals surface area contributed by atoms with Gasteiger partial charge in [0.15, 0.2) is 0 Å². The van der Waals surface area contributed by atoms with Gasteiger partial charge in [-0.05, 0) is 36.1 Å². The number of amides is 1. The van der Waals surface area contributed by atoms with Gasteiger partial charge in [-0.25, -0.2) is 5.43 Å². The lowest BCUT2D eigenvalue weighted by atomic mass is 10.3. The second kappa shape index (κ2) is 4.76. The van der Waals surface area contributed by atoms with Gasteiger partial charge in [0.2, 0.25) is 0 Å². The van der Waals surface area contributed by atoms with E-state index in [9.17, 15) is 4.79 Å². The number of hydrazone groups is 1. The van der Waals surface area contributed by atoms with Crippen molar-refractivity contribution >= 4 is 23.5 Å². The average Bonchev–Trinajstić information content (AvgIpc) is 2.90. The van der Waals surface area contributed by atoms with Crippen molar-refractivity contribution in [3.05, 3.63) is 45.9 Å². The first-order valence-electron chi connectivity index (χ1n) is 4.78. The highest BCUT2D eigenvalue weighted by Crippen LogP contribution is 2.12. The van der Waals surface area contributed by atoms with Crippen LogP contribution in [-0.4, -0.2) is 17.1 Å². The molecule has 0 aliphatic rings. The minimum atomic E-state index is -0.240. The average molecular weight is 233 g/mol. The predicted molar refractivity (Wildman–Crippen MR) is 64.9 cm³/mol. The third-order valence-electron chi connectivity index (χ3n) is 2.09. The highest BCUT2D eigenvalue weighted by Gasteiger charge is 2.03. The minimum Gasteiger partial charge on any atom is -0.357 e. The highest BCUT2D eigenvalue weighted by molar-refractivity contribution is 7.11. The molecule has 0 fully saturated rings. The van der Waals surface area contributed by atoms with Gasteiger partial charge >= 0.3 is 0 Å². The van der Waals surface area contributed by atoms with E-state index in [1.807, 2.05) is 18.4 Å². The Morgan fingerprint density at radius 2 is 2.44 bits per heavy atom. The molecule has 82 valence electrons. The van der Waals surface area contributed by atoms with Crippen molar-refractivity contribution in [1.29, 1.82) is 0 Å². The monoisotopic (exact) mass is 233 g/mol. The van der Waals surface area contributed by atoms with Crippen LogP contribution >= 0.6 is 11.3 Å². The molecule has 0 saturated heterocycles. The number of rotatable bonds is 3. The van der Waals surface area contributed by atoms with Gasteiger partial charge in [0.25, 0.3) is 5.91 Å². The molecule has 0 bridgehead atoms. The number of nitrogens with zero attached hydrogens (tertiary/aromatic N) is 1. The van der Waals surface area contributed by atoms with E-state index >= 15 is 0 Å². The van der Waals surface area contributed by atoms with Crippen molar-refractivity contribution in [2.24, 2.45) is 5.10 Å². The third-order valence-corrected chi connectivity index (χ3v) is 3.05.